The van der Waals surface area contributed by atoms with E-state index >= 15 is 0 Å². The van der Waals surface area contributed by atoms with Crippen LogP contribution in [0.25, 0.3) is 10.9 Å². The number of carbonyl (C=O) groups is 1. The summed E-state index contributed by atoms with van der Waals surface area (Å²) < 4.78 is 0. The van der Waals surface area contributed by atoms with Crippen LogP contribution in [0.1, 0.15) is 29.6 Å². The summed E-state index contributed by atoms with van der Waals surface area (Å²) in [4.78, 5) is 19.3. The van der Waals surface area contributed by atoms with E-state index in [1.165, 1.54) is 25.9 Å². The third-order valence-electron chi connectivity index (χ3n) is 5.00. The zero-order chi connectivity index (χ0) is 14.9. The molecule has 3 aliphatic rings. The van der Waals surface area contributed by atoms with Crippen LogP contribution in [-0.2, 0) is 0 Å². The summed E-state index contributed by atoms with van der Waals surface area (Å²) in [5, 5.41) is 4.25. The summed E-state index contributed by atoms with van der Waals surface area (Å²) in [5.41, 5.74) is 1.66. The number of benzene rings is 1. The first-order valence-corrected chi connectivity index (χ1v) is 8.16. The van der Waals surface area contributed by atoms with Gasteiger partial charge < -0.3 is 10.2 Å². The lowest BCUT2D eigenvalue weighted by Crippen LogP contribution is -2.41. The molecule has 0 aliphatic carbocycles. The van der Waals surface area contributed by atoms with E-state index in [9.17, 15) is 4.79 Å². The highest BCUT2D eigenvalue weighted by Gasteiger charge is 2.29. The van der Waals surface area contributed by atoms with Crippen molar-refractivity contribution < 1.29 is 4.79 Å². The van der Waals surface area contributed by atoms with Crippen molar-refractivity contribution in [2.45, 2.75) is 25.3 Å². The number of piperidine rings is 1. The van der Waals surface area contributed by atoms with Crippen molar-refractivity contribution in [3.05, 3.63) is 42.1 Å². The van der Waals surface area contributed by atoms with E-state index in [2.05, 4.69) is 15.2 Å². The Bertz CT molecular complexity index is 678. The Hall–Kier alpha value is -1.94. The second-order valence-corrected chi connectivity index (χ2v) is 6.56. The lowest BCUT2D eigenvalue weighted by molar-refractivity contribution is 0.0929. The summed E-state index contributed by atoms with van der Waals surface area (Å²) in [6.45, 7) is 3.38. The number of aromatic nitrogens is 1. The number of hydrogen-bond acceptors (Lipinski definition) is 3. The van der Waals surface area contributed by atoms with Gasteiger partial charge in [0.05, 0.1) is 5.52 Å². The van der Waals surface area contributed by atoms with Gasteiger partial charge in [-0.05, 0) is 62.5 Å². The van der Waals surface area contributed by atoms with Crippen molar-refractivity contribution in [1.82, 2.24) is 15.2 Å². The fourth-order valence-electron chi connectivity index (χ4n) is 3.78. The molecule has 114 valence electrons. The van der Waals surface area contributed by atoms with E-state index in [0.29, 0.717) is 0 Å². The van der Waals surface area contributed by atoms with Crippen molar-refractivity contribution in [1.29, 1.82) is 0 Å². The predicted octanol–water partition coefficient (Wildman–Crippen LogP) is 2.45. The largest absolute Gasteiger partial charge is 0.348 e. The molecule has 4 heteroatoms. The molecule has 4 nitrogen and oxygen atoms in total. The van der Waals surface area contributed by atoms with Crippen molar-refractivity contribution in [3.8, 4) is 0 Å². The molecule has 1 atom stereocenters. The second kappa shape index (κ2) is 5.69. The van der Waals surface area contributed by atoms with E-state index in [4.69, 9.17) is 0 Å². The molecule has 3 saturated heterocycles. The highest BCUT2D eigenvalue weighted by Crippen LogP contribution is 2.26. The normalized spacial score (nSPS) is 27.5. The molecular weight excluding hydrogens is 274 g/mol. The number of carbonyl (C=O) groups excluding carboxylic acids is 1. The Morgan fingerprint density at radius 2 is 2.09 bits per heavy atom. The van der Waals surface area contributed by atoms with Gasteiger partial charge in [0, 0.05) is 29.7 Å². The van der Waals surface area contributed by atoms with Gasteiger partial charge in [-0.3, -0.25) is 9.78 Å². The highest BCUT2D eigenvalue weighted by molar-refractivity contribution is 5.98. The second-order valence-electron chi connectivity index (χ2n) is 6.56. The van der Waals surface area contributed by atoms with E-state index in [1.54, 1.807) is 6.20 Å². The number of hydrogen-bond donors (Lipinski definition) is 1. The lowest BCUT2D eigenvalue weighted by atomic mass is 9.94. The fourth-order valence-corrected chi connectivity index (χ4v) is 3.78. The van der Waals surface area contributed by atoms with E-state index < -0.39 is 0 Å². The maximum Gasteiger partial charge on any atom is 0.251 e. The first-order chi connectivity index (χ1) is 10.8. The first kappa shape index (κ1) is 13.7. The minimum absolute atomic E-state index is 0.0400. The van der Waals surface area contributed by atoms with Crippen LogP contribution in [0.3, 0.4) is 0 Å². The van der Waals surface area contributed by atoms with E-state index in [-0.39, 0.29) is 11.9 Å². The van der Waals surface area contributed by atoms with Crippen LogP contribution in [0.2, 0.25) is 0 Å². The van der Waals surface area contributed by atoms with Crippen molar-refractivity contribution in [2.24, 2.45) is 5.92 Å². The van der Waals surface area contributed by atoms with Crippen LogP contribution in [0, 0.1) is 5.92 Å². The molecule has 0 radical (unpaired) electrons. The standard InChI is InChI=1S/C18H21N3O/c22-18(15-3-4-17-14(11-15)2-1-7-19-17)20-16-10-13-5-8-21(12-16)9-6-13/h1-4,7,11,13,16H,5-6,8-10,12H2,(H,20,22)/t16-/m1/s1. The van der Waals surface area contributed by atoms with Gasteiger partial charge >= 0.3 is 0 Å². The van der Waals surface area contributed by atoms with Crippen LogP contribution in [0.4, 0.5) is 0 Å². The maximum atomic E-state index is 12.6. The summed E-state index contributed by atoms with van der Waals surface area (Å²) in [7, 11) is 0. The number of amides is 1. The summed E-state index contributed by atoms with van der Waals surface area (Å²) in [6, 6.07) is 9.91. The number of rotatable bonds is 2. The molecule has 1 N–H and O–H groups in total. The van der Waals surface area contributed by atoms with Gasteiger partial charge in [-0.15, -0.1) is 0 Å². The molecule has 2 aromatic rings. The van der Waals surface area contributed by atoms with Crippen LogP contribution in [0.5, 0.6) is 0 Å². The van der Waals surface area contributed by atoms with Gasteiger partial charge in [0.25, 0.3) is 5.91 Å². The fraction of sp³-hybridized carbons (Fsp3) is 0.444. The predicted molar refractivity (Wildman–Crippen MR) is 86.8 cm³/mol. The minimum Gasteiger partial charge on any atom is -0.348 e. The monoisotopic (exact) mass is 295 g/mol. The third-order valence-corrected chi connectivity index (χ3v) is 5.00. The number of fused-ring (bicyclic) bond motifs is 5. The Morgan fingerprint density at radius 1 is 1.23 bits per heavy atom. The van der Waals surface area contributed by atoms with Gasteiger partial charge in [0.2, 0.25) is 0 Å². The average Bonchev–Trinajstić information content (AvgIpc) is 2.86. The summed E-state index contributed by atoms with van der Waals surface area (Å²) in [6.07, 6.45) is 5.47. The topological polar surface area (TPSA) is 45.2 Å². The maximum absolute atomic E-state index is 12.6. The molecule has 0 saturated carbocycles. The first-order valence-electron chi connectivity index (χ1n) is 8.16. The molecule has 0 spiro atoms. The van der Waals surface area contributed by atoms with E-state index in [0.717, 1.165) is 35.3 Å². The molecule has 22 heavy (non-hydrogen) atoms. The summed E-state index contributed by atoms with van der Waals surface area (Å²) >= 11 is 0. The Morgan fingerprint density at radius 3 is 2.95 bits per heavy atom. The average molecular weight is 295 g/mol. The molecule has 1 aromatic heterocycles. The van der Waals surface area contributed by atoms with Gasteiger partial charge in [0.15, 0.2) is 0 Å². The quantitative estimate of drug-likeness (QED) is 0.925. The molecule has 3 aliphatic heterocycles. The Kier molecular flexibility index (Phi) is 3.54. The molecule has 1 amide bonds. The smallest absolute Gasteiger partial charge is 0.251 e. The van der Waals surface area contributed by atoms with Crippen LogP contribution < -0.4 is 5.32 Å². The van der Waals surface area contributed by atoms with Gasteiger partial charge in [0.1, 0.15) is 0 Å². The lowest BCUT2D eigenvalue weighted by Gasteiger charge is -2.26. The molecule has 0 unspecified atom stereocenters. The SMILES string of the molecule is O=C(N[C@@H]1CC2CCN(CC2)C1)c1ccc2ncccc2c1. The third kappa shape index (κ3) is 2.71. The van der Waals surface area contributed by atoms with Crippen molar-refractivity contribution in [3.63, 3.8) is 0 Å². The van der Waals surface area contributed by atoms with E-state index in [1.807, 2.05) is 30.3 Å². The molecule has 5 rings (SSSR count). The number of nitrogens with zero attached hydrogens (tertiary/aromatic N) is 2. The van der Waals surface area contributed by atoms with Gasteiger partial charge in [-0.1, -0.05) is 6.07 Å². The van der Waals surface area contributed by atoms with Crippen molar-refractivity contribution >= 4 is 16.8 Å². The van der Waals surface area contributed by atoms with Crippen LogP contribution >= 0.6 is 0 Å². The zero-order valence-electron chi connectivity index (χ0n) is 12.7. The van der Waals surface area contributed by atoms with Gasteiger partial charge in [-0.2, -0.15) is 0 Å². The number of nitrogens with one attached hydrogen (secondary N) is 1. The Labute approximate surface area is 130 Å². The molecule has 3 fully saturated rings. The highest BCUT2D eigenvalue weighted by atomic mass is 16.1. The number of pyridine rings is 1. The zero-order valence-corrected chi connectivity index (χ0v) is 12.7. The molecular formula is C18H21N3O. The van der Waals surface area contributed by atoms with Gasteiger partial charge in [-0.25, -0.2) is 0 Å². The minimum atomic E-state index is 0.0400. The van der Waals surface area contributed by atoms with Crippen LogP contribution in [0.15, 0.2) is 36.5 Å². The Balaban J connectivity index is 1.51. The van der Waals surface area contributed by atoms with Crippen molar-refractivity contribution in [2.75, 3.05) is 19.6 Å². The summed E-state index contributed by atoms with van der Waals surface area (Å²) in [5.74, 6) is 0.822. The molecule has 4 heterocycles. The van der Waals surface area contributed by atoms with Crippen LogP contribution in [-0.4, -0.2) is 41.5 Å². The molecule has 1 aromatic carbocycles. The molecule has 2 bridgehead atoms.